The standard InChI is InChI=1S/C23H30N2O5/c1-27-15-23(26)24-13-20-19-12-22(30-4)21(29-3)11-17(19)9-10-25(20)14-16-5-7-18(28-2)8-6-16/h5-8,11-12,20H,9-10,13-15H2,1-4H3,(H,24,26)/t20-/m0/s1. The fourth-order valence-electron chi connectivity index (χ4n) is 3.87. The van der Waals surface area contributed by atoms with Crippen molar-refractivity contribution in [2.24, 2.45) is 0 Å². The number of hydrogen-bond donors (Lipinski definition) is 1. The smallest absolute Gasteiger partial charge is 0.246 e. The van der Waals surface area contributed by atoms with Crippen molar-refractivity contribution in [3.05, 3.63) is 53.1 Å². The largest absolute Gasteiger partial charge is 0.497 e. The summed E-state index contributed by atoms with van der Waals surface area (Å²) in [4.78, 5) is 14.4. The minimum absolute atomic E-state index is 0.0106. The number of fused-ring (bicyclic) bond motifs is 1. The Morgan fingerprint density at radius 1 is 1.03 bits per heavy atom. The Morgan fingerprint density at radius 3 is 2.37 bits per heavy atom. The molecule has 2 aromatic carbocycles. The molecule has 0 saturated carbocycles. The van der Waals surface area contributed by atoms with Crippen LogP contribution in [0, 0.1) is 0 Å². The molecule has 0 unspecified atom stereocenters. The molecule has 0 spiro atoms. The van der Waals surface area contributed by atoms with Gasteiger partial charge in [0.25, 0.3) is 0 Å². The van der Waals surface area contributed by atoms with E-state index in [9.17, 15) is 4.79 Å². The Kier molecular flexibility index (Phi) is 7.54. The summed E-state index contributed by atoms with van der Waals surface area (Å²) in [6.07, 6.45) is 0.897. The first-order chi connectivity index (χ1) is 14.6. The van der Waals surface area contributed by atoms with Gasteiger partial charge in [-0.25, -0.2) is 0 Å². The second-order valence-electron chi connectivity index (χ2n) is 7.23. The molecule has 0 fully saturated rings. The van der Waals surface area contributed by atoms with Crippen molar-refractivity contribution in [1.29, 1.82) is 0 Å². The van der Waals surface area contributed by atoms with E-state index >= 15 is 0 Å². The van der Waals surface area contributed by atoms with Gasteiger partial charge in [-0.3, -0.25) is 9.69 Å². The Hall–Kier alpha value is -2.77. The van der Waals surface area contributed by atoms with E-state index in [4.69, 9.17) is 18.9 Å². The molecule has 0 aromatic heterocycles. The van der Waals surface area contributed by atoms with Crippen molar-refractivity contribution in [2.45, 2.75) is 19.0 Å². The highest BCUT2D eigenvalue weighted by Gasteiger charge is 2.29. The fraction of sp³-hybridized carbons (Fsp3) is 0.435. The molecule has 7 heteroatoms. The van der Waals surface area contributed by atoms with Crippen molar-refractivity contribution < 1.29 is 23.7 Å². The molecule has 1 heterocycles. The van der Waals surface area contributed by atoms with Gasteiger partial charge in [0, 0.05) is 26.7 Å². The molecule has 7 nitrogen and oxygen atoms in total. The summed E-state index contributed by atoms with van der Waals surface area (Å²) in [7, 11) is 6.46. The molecule has 0 radical (unpaired) electrons. The predicted octanol–water partition coefficient (Wildman–Crippen LogP) is 2.57. The molecule has 0 saturated heterocycles. The summed E-state index contributed by atoms with van der Waals surface area (Å²) < 4.78 is 21.2. The van der Waals surface area contributed by atoms with E-state index in [-0.39, 0.29) is 18.6 Å². The molecule has 1 amide bonds. The highest BCUT2D eigenvalue weighted by Crippen LogP contribution is 2.38. The molecule has 30 heavy (non-hydrogen) atoms. The van der Waals surface area contributed by atoms with Crippen LogP contribution in [0.5, 0.6) is 17.2 Å². The zero-order chi connectivity index (χ0) is 21.5. The molecular weight excluding hydrogens is 384 g/mol. The third kappa shape index (κ3) is 5.04. The fourth-order valence-corrected chi connectivity index (χ4v) is 3.87. The summed E-state index contributed by atoms with van der Waals surface area (Å²) in [5.41, 5.74) is 3.54. The molecule has 0 bridgehead atoms. The van der Waals surface area contributed by atoms with Crippen molar-refractivity contribution in [3.63, 3.8) is 0 Å². The topological polar surface area (TPSA) is 69.3 Å². The molecular formula is C23H30N2O5. The number of rotatable bonds is 9. The first-order valence-corrected chi connectivity index (χ1v) is 9.97. The van der Waals surface area contributed by atoms with Crippen molar-refractivity contribution in [2.75, 3.05) is 48.1 Å². The van der Waals surface area contributed by atoms with Crippen LogP contribution in [0.3, 0.4) is 0 Å². The maximum absolute atomic E-state index is 12.0. The quantitative estimate of drug-likeness (QED) is 0.680. The van der Waals surface area contributed by atoms with Crippen LogP contribution in [0.4, 0.5) is 0 Å². The van der Waals surface area contributed by atoms with Gasteiger partial charge in [-0.05, 0) is 47.4 Å². The minimum Gasteiger partial charge on any atom is -0.497 e. The SMILES string of the molecule is COCC(=O)NC[C@H]1c2cc(OC)c(OC)cc2CCN1Cc1ccc(OC)cc1. The number of amides is 1. The Bertz CT molecular complexity index is 853. The van der Waals surface area contributed by atoms with Crippen LogP contribution in [0.25, 0.3) is 0 Å². The van der Waals surface area contributed by atoms with Crippen molar-refractivity contribution >= 4 is 5.91 Å². The average molecular weight is 415 g/mol. The van der Waals surface area contributed by atoms with E-state index < -0.39 is 0 Å². The number of nitrogens with one attached hydrogen (secondary N) is 1. The van der Waals surface area contributed by atoms with Crippen LogP contribution in [0.15, 0.2) is 36.4 Å². The number of ether oxygens (including phenoxy) is 4. The van der Waals surface area contributed by atoms with Gasteiger partial charge in [-0.1, -0.05) is 12.1 Å². The zero-order valence-electron chi connectivity index (χ0n) is 18.1. The minimum atomic E-state index is -0.130. The number of carbonyl (C=O) groups excluding carboxylic acids is 1. The summed E-state index contributed by atoms with van der Waals surface area (Å²) in [6, 6.07) is 12.2. The highest BCUT2D eigenvalue weighted by atomic mass is 16.5. The normalized spacial score (nSPS) is 15.9. The summed E-state index contributed by atoms with van der Waals surface area (Å²) in [5.74, 6) is 2.12. The van der Waals surface area contributed by atoms with Crippen molar-refractivity contribution in [1.82, 2.24) is 10.2 Å². The average Bonchev–Trinajstić information content (AvgIpc) is 2.78. The lowest BCUT2D eigenvalue weighted by molar-refractivity contribution is -0.125. The number of nitrogens with zero attached hydrogens (tertiary/aromatic N) is 1. The van der Waals surface area contributed by atoms with Crippen LogP contribution in [0.2, 0.25) is 0 Å². The molecule has 3 rings (SSSR count). The predicted molar refractivity (Wildman–Crippen MR) is 114 cm³/mol. The molecule has 1 aliphatic heterocycles. The first kappa shape index (κ1) is 21.9. The number of methoxy groups -OCH3 is 4. The van der Waals surface area contributed by atoms with Gasteiger partial charge in [0.1, 0.15) is 12.4 Å². The second kappa shape index (κ2) is 10.3. The third-order valence-electron chi connectivity index (χ3n) is 5.43. The van der Waals surface area contributed by atoms with Crippen LogP contribution < -0.4 is 19.5 Å². The van der Waals surface area contributed by atoms with E-state index in [1.165, 1.54) is 18.2 Å². The van der Waals surface area contributed by atoms with Crippen LogP contribution in [0.1, 0.15) is 22.7 Å². The number of benzene rings is 2. The number of carbonyl (C=O) groups is 1. The van der Waals surface area contributed by atoms with E-state index in [0.717, 1.165) is 36.6 Å². The highest BCUT2D eigenvalue weighted by molar-refractivity contribution is 5.77. The van der Waals surface area contributed by atoms with E-state index in [1.54, 1.807) is 21.3 Å². The summed E-state index contributed by atoms with van der Waals surface area (Å²) in [6.45, 7) is 2.17. The van der Waals surface area contributed by atoms with Gasteiger partial charge in [-0.15, -0.1) is 0 Å². The Morgan fingerprint density at radius 2 is 1.73 bits per heavy atom. The summed E-state index contributed by atoms with van der Waals surface area (Å²) in [5, 5.41) is 3.00. The Balaban J connectivity index is 1.88. The van der Waals surface area contributed by atoms with E-state index in [1.807, 2.05) is 24.3 Å². The van der Waals surface area contributed by atoms with E-state index in [0.29, 0.717) is 12.3 Å². The number of hydrogen-bond acceptors (Lipinski definition) is 6. The van der Waals surface area contributed by atoms with E-state index in [2.05, 4.69) is 22.3 Å². The van der Waals surface area contributed by atoms with Gasteiger partial charge in [0.05, 0.1) is 27.4 Å². The van der Waals surface area contributed by atoms with Gasteiger partial charge in [0.2, 0.25) is 5.91 Å². The summed E-state index contributed by atoms with van der Waals surface area (Å²) >= 11 is 0. The molecule has 1 N–H and O–H groups in total. The maximum Gasteiger partial charge on any atom is 0.246 e. The van der Waals surface area contributed by atoms with Crippen LogP contribution in [-0.2, 0) is 22.5 Å². The lowest BCUT2D eigenvalue weighted by Crippen LogP contribution is -2.42. The van der Waals surface area contributed by atoms with Gasteiger partial charge in [-0.2, -0.15) is 0 Å². The maximum atomic E-state index is 12.0. The zero-order valence-corrected chi connectivity index (χ0v) is 18.1. The molecule has 0 aliphatic carbocycles. The Labute approximate surface area is 177 Å². The monoisotopic (exact) mass is 414 g/mol. The van der Waals surface area contributed by atoms with Gasteiger partial charge >= 0.3 is 0 Å². The molecule has 1 atom stereocenters. The third-order valence-corrected chi connectivity index (χ3v) is 5.43. The molecule has 1 aliphatic rings. The second-order valence-corrected chi connectivity index (χ2v) is 7.23. The van der Waals surface area contributed by atoms with Gasteiger partial charge < -0.3 is 24.3 Å². The van der Waals surface area contributed by atoms with Crippen LogP contribution >= 0.6 is 0 Å². The van der Waals surface area contributed by atoms with Crippen molar-refractivity contribution in [3.8, 4) is 17.2 Å². The molecule has 162 valence electrons. The lowest BCUT2D eigenvalue weighted by Gasteiger charge is -2.38. The lowest BCUT2D eigenvalue weighted by atomic mass is 9.91. The van der Waals surface area contributed by atoms with Crippen LogP contribution in [-0.4, -0.2) is 58.9 Å². The molecule has 2 aromatic rings. The van der Waals surface area contributed by atoms with Gasteiger partial charge in [0.15, 0.2) is 11.5 Å². The first-order valence-electron chi connectivity index (χ1n) is 9.97.